The first-order chi connectivity index (χ1) is 18.7. The maximum Gasteiger partial charge on any atom is 0.162 e. The van der Waals surface area contributed by atoms with E-state index in [2.05, 4.69) is 75.8 Å². The molecule has 7 heteroatoms. The summed E-state index contributed by atoms with van der Waals surface area (Å²) in [6, 6.07) is 29.2. The summed E-state index contributed by atoms with van der Waals surface area (Å²) in [5.74, 6) is 1.31. The average Bonchev–Trinajstić information content (AvgIpc) is 3.45. The number of aliphatic imine (C=N–C) groups is 1. The number of hydrogen-bond acceptors (Lipinski definition) is 6. The van der Waals surface area contributed by atoms with Crippen LogP contribution in [0.5, 0.6) is 11.5 Å². The molecule has 0 saturated heterocycles. The van der Waals surface area contributed by atoms with Gasteiger partial charge in [0.05, 0.1) is 31.1 Å². The molecule has 1 N–H and O–H groups in total. The van der Waals surface area contributed by atoms with E-state index in [-0.39, 0.29) is 6.17 Å². The molecule has 0 amide bonds. The number of aromatic amines is 1. The predicted octanol–water partition coefficient (Wildman–Crippen LogP) is 6.53. The molecule has 7 nitrogen and oxygen atoms in total. The number of benzene rings is 4. The van der Waals surface area contributed by atoms with Crippen molar-refractivity contribution in [2.45, 2.75) is 6.17 Å². The van der Waals surface area contributed by atoms with E-state index < -0.39 is 0 Å². The van der Waals surface area contributed by atoms with E-state index in [1.807, 2.05) is 36.7 Å². The van der Waals surface area contributed by atoms with E-state index in [0.717, 1.165) is 39.0 Å². The molecule has 1 aliphatic heterocycles. The van der Waals surface area contributed by atoms with Crippen LogP contribution in [0.25, 0.3) is 22.0 Å². The number of methoxy groups -OCH3 is 2. The fourth-order valence-electron chi connectivity index (χ4n) is 4.84. The smallest absolute Gasteiger partial charge is 0.162 e. The fourth-order valence-corrected chi connectivity index (χ4v) is 4.84. The van der Waals surface area contributed by atoms with Crippen molar-refractivity contribution in [2.75, 3.05) is 32.3 Å². The molecule has 0 radical (unpaired) electrons. The summed E-state index contributed by atoms with van der Waals surface area (Å²) >= 11 is 0. The van der Waals surface area contributed by atoms with Gasteiger partial charge in [-0.2, -0.15) is 5.10 Å². The number of anilines is 2. The quantitative estimate of drug-likeness (QED) is 0.243. The summed E-state index contributed by atoms with van der Waals surface area (Å²) in [4.78, 5) is 7.29. The summed E-state index contributed by atoms with van der Waals surface area (Å²) in [6.45, 7) is 0.920. The van der Waals surface area contributed by atoms with E-state index in [1.165, 1.54) is 5.56 Å². The van der Waals surface area contributed by atoms with Crippen LogP contribution in [0.1, 0.15) is 17.3 Å². The molecule has 1 unspecified atom stereocenters. The summed E-state index contributed by atoms with van der Waals surface area (Å²) in [5, 5.41) is 8.28. The Balaban J connectivity index is 1.48. The van der Waals surface area contributed by atoms with Crippen molar-refractivity contribution in [1.29, 1.82) is 0 Å². The maximum atomic E-state index is 5.96. The van der Waals surface area contributed by atoms with Gasteiger partial charge in [0.2, 0.25) is 0 Å². The Bertz CT molecular complexity index is 1600. The highest BCUT2D eigenvalue weighted by Gasteiger charge is 2.29. The van der Waals surface area contributed by atoms with Crippen molar-refractivity contribution in [1.82, 2.24) is 10.2 Å². The minimum absolute atomic E-state index is 0.277. The van der Waals surface area contributed by atoms with Crippen LogP contribution in [-0.2, 0) is 4.74 Å². The number of ether oxygens (including phenoxy) is 3. The van der Waals surface area contributed by atoms with Crippen LogP contribution in [0.15, 0.2) is 96.1 Å². The Morgan fingerprint density at radius 2 is 1.71 bits per heavy atom. The summed E-state index contributed by atoms with van der Waals surface area (Å²) in [6.07, 6.45) is 3.48. The van der Waals surface area contributed by atoms with Crippen molar-refractivity contribution in [3.05, 3.63) is 102 Å². The molecule has 0 fully saturated rings. The Kier molecular flexibility index (Phi) is 6.50. The second-order valence-corrected chi connectivity index (χ2v) is 9.06. The lowest BCUT2D eigenvalue weighted by molar-refractivity contribution is 0.144. The lowest BCUT2D eigenvalue weighted by atomic mass is 9.99. The van der Waals surface area contributed by atoms with E-state index in [9.17, 15) is 0 Å². The van der Waals surface area contributed by atoms with Gasteiger partial charge in [-0.15, -0.1) is 0 Å². The SMILES string of the molecule is COCCOc1cc2c(cc1OC)N(c1ccc3[nH]ncc3c1)C(c1cccc(-c3ccccc3)c1)N=C2. The second kappa shape index (κ2) is 10.4. The number of nitrogens with one attached hydrogen (secondary N) is 1. The maximum absolute atomic E-state index is 5.96. The summed E-state index contributed by atoms with van der Waals surface area (Å²) in [7, 11) is 3.31. The van der Waals surface area contributed by atoms with Gasteiger partial charge in [0.1, 0.15) is 6.61 Å². The van der Waals surface area contributed by atoms with Crippen molar-refractivity contribution in [3.8, 4) is 22.6 Å². The molecule has 190 valence electrons. The van der Waals surface area contributed by atoms with Crippen LogP contribution < -0.4 is 14.4 Å². The molecule has 5 aromatic rings. The monoisotopic (exact) mass is 504 g/mol. The molecule has 6 rings (SSSR count). The van der Waals surface area contributed by atoms with Crippen LogP contribution >= 0.6 is 0 Å². The second-order valence-electron chi connectivity index (χ2n) is 9.06. The average molecular weight is 505 g/mol. The van der Waals surface area contributed by atoms with Gasteiger partial charge in [-0.3, -0.25) is 10.1 Å². The highest BCUT2D eigenvalue weighted by atomic mass is 16.5. The molecule has 1 aliphatic rings. The van der Waals surface area contributed by atoms with Crippen LogP contribution in [0.3, 0.4) is 0 Å². The molecule has 2 heterocycles. The molecular formula is C31H28N4O3. The standard InChI is InChI=1S/C31H28N4O3/c1-36-13-14-38-30-17-25-19-32-31(23-10-6-9-22(15-23)21-7-4-3-5-8-21)35(28(25)18-29(30)37-2)26-11-12-27-24(16-26)20-33-34-27/h3-12,15-20,31H,13-14H2,1-2H3,(H,33,34). The molecule has 0 saturated carbocycles. The molecule has 0 aliphatic carbocycles. The Morgan fingerprint density at radius 1 is 0.842 bits per heavy atom. The summed E-state index contributed by atoms with van der Waals surface area (Å²) < 4.78 is 16.9. The van der Waals surface area contributed by atoms with Gasteiger partial charge in [-0.1, -0.05) is 48.5 Å². The van der Waals surface area contributed by atoms with Crippen LogP contribution in [0.4, 0.5) is 11.4 Å². The Hall–Kier alpha value is -4.62. The van der Waals surface area contributed by atoms with Crippen LogP contribution in [0.2, 0.25) is 0 Å². The number of aromatic nitrogens is 2. The molecule has 1 atom stereocenters. The third-order valence-corrected chi connectivity index (χ3v) is 6.71. The lowest BCUT2D eigenvalue weighted by Gasteiger charge is -2.36. The first kappa shape index (κ1) is 23.8. The number of hydrogen-bond donors (Lipinski definition) is 1. The van der Waals surface area contributed by atoms with Gasteiger partial charge in [0.15, 0.2) is 17.7 Å². The van der Waals surface area contributed by atoms with E-state index in [0.29, 0.717) is 24.7 Å². The molecule has 0 bridgehead atoms. The van der Waals surface area contributed by atoms with Crippen molar-refractivity contribution < 1.29 is 14.2 Å². The van der Waals surface area contributed by atoms with Gasteiger partial charge < -0.3 is 19.1 Å². The summed E-state index contributed by atoms with van der Waals surface area (Å²) in [5.41, 5.74) is 7.31. The van der Waals surface area contributed by atoms with Gasteiger partial charge in [-0.25, -0.2) is 0 Å². The number of fused-ring (bicyclic) bond motifs is 2. The Labute approximate surface area is 221 Å². The van der Waals surface area contributed by atoms with Crippen molar-refractivity contribution in [2.24, 2.45) is 4.99 Å². The molecule has 4 aromatic carbocycles. The van der Waals surface area contributed by atoms with Crippen molar-refractivity contribution >= 4 is 28.5 Å². The molecular weight excluding hydrogens is 476 g/mol. The molecule has 38 heavy (non-hydrogen) atoms. The first-order valence-corrected chi connectivity index (χ1v) is 12.5. The minimum Gasteiger partial charge on any atom is -0.493 e. The zero-order valence-corrected chi connectivity index (χ0v) is 21.3. The van der Waals surface area contributed by atoms with E-state index in [1.54, 1.807) is 14.2 Å². The topological polar surface area (TPSA) is 72.0 Å². The third-order valence-electron chi connectivity index (χ3n) is 6.71. The zero-order valence-electron chi connectivity index (χ0n) is 21.3. The van der Waals surface area contributed by atoms with Crippen LogP contribution in [-0.4, -0.2) is 43.8 Å². The minimum atomic E-state index is -0.277. The number of H-pyrrole nitrogens is 1. The highest BCUT2D eigenvalue weighted by Crippen LogP contribution is 2.45. The van der Waals surface area contributed by atoms with Crippen LogP contribution in [0, 0.1) is 0 Å². The molecule has 0 spiro atoms. The highest BCUT2D eigenvalue weighted by molar-refractivity contribution is 5.95. The predicted molar refractivity (Wildman–Crippen MR) is 151 cm³/mol. The first-order valence-electron chi connectivity index (χ1n) is 12.5. The number of nitrogens with zero attached hydrogens (tertiary/aromatic N) is 3. The van der Waals surface area contributed by atoms with Crippen molar-refractivity contribution in [3.63, 3.8) is 0 Å². The normalized spacial score (nSPS) is 14.5. The third kappa shape index (κ3) is 4.48. The number of rotatable bonds is 8. The van der Waals surface area contributed by atoms with Gasteiger partial charge >= 0.3 is 0 Å². The van der Waals surface area contributed by atoms with E-state index >= 15 is 0 Å². The van der Waals surface area contributed by atoms with Gasteiger partial charge in [0, 0.05) is 36.0 Å². The molecule has 1 aromatic heterocycles. The van der Waals surface area contributed by atoms with Gasteiger partial charge in [0.25, 0.3) is 0 Å². The van der Waals surface area contributed by atoms with E-state index in [4.69, 9.17) is 19.2 Å². The Morgan fingerprint density at radius 3 is 2.55 bits per heavy atom. The fraction of sp³-hybridized carbons (Fsp3) is 0.161. The zero-order chi connectivity index (χ0) is 25.9. The lowest BCUT2D eigenvalue weighted by Crippen LogP contribution is -2.27. The largest absolute Gasteiger partial charge is 0.493 e. The van der Waals surface area contributed by atoms with Gasteiger partial charge in [-0.05, 0) is 47.0 Å².